The monoisotopic (exact) mass is 525 g/mol. The lowest BCUT2D eigenvalue weighted by atomic mass is 9.85. The van der Waals surface area contributed by atoms with E-state index in [9.17, 15) is 0 Å². The standard InChI is InChI=1S/C37H23N3O/c1-2-10-26(11-3-1)36-39-40-37(41-36)27-21-19-24(20-22-27)33-28-14-4-6-16-30(28)34(31-17-7-5-15-29(31)33)32-18-8-12-25-13-9-23-38-35(25)32/h1-23H. The lowest BCUT2D eigenvalue weighted by Gasteiger charge is -2.18. The van der Waals surface area contributed by atoms with Crippen LogP contribution in [0.3, 0.4) is 0 Å². The van der Waals surface area contributed by atoms with Gasteiger partial charge in [0.05, 0.1) is 5.52 Å². The fourth-order valence-electron chi connectivity index (χ4n) is 5.85. The molecule has 192 valence electrons. The SMILES string of the molecule is c1ccc(-c2nnc(-c3ccc(-c4c5ccccc5c(-c5cccc6cccnc56)c5ccccc45)cc3)o2)cc1. The maximum Gasteiger partial charge on any atom is 0.248 e. The molecule has 2 aromatic heterocycles. The normalized spacial score (nSPS) is 11.4. The van der Waals surface area contributed by atoms with Crippen LogP contribution in [0.4, 0.5) is 0 Å². The Bertz CT molecular complexity index is 2140. The average molecular weight is 526 g/mol. The van der Waals surface area contributed by atoms with Crippen LogP contribution in [0.5, 0.6) is 0 Å². The van der Waals surface area contributed by atoms with Crippen LogP contribution in [-0.2, 0) is 0 Å². The Morgan fingerprint density at radius 2 is 0.951 bits per heavy atom. The number of hydrogen-bond acceptors (Lipinski definition) is 4. The van der Waals surface area contributed by atoms with Gasteiger partial charge in [-0.3, -0.25) is 4.98 Å². The van der Waals surface area contributed by atoms with E-state index in [1.165, 1.54) is 32.7 Å². The Morgan fingerprint density at radius 1 is 0.415 bits per heavy atom. The first kappa shape index (κ1) is 23.3. The third-order valence-corrected chi connectivity index (χ3v) is 7.70. The van der Waals surface area contributed by atoms with E-state index in [1.807, 2.05) is 42.6 Å². The Balaban J connectivity index is 1.31. The number of para-hydroxylation sites is 1. The van der Waals surface area contributed by atoms with Gasteiger partial charge in [0.15, 0.2) is 0 Å². The zero-order valence-electron chi connectivity index (χ0n) is 22.0. The van der Waals surface area contributed by atoms with Crippen LogP contribution in [0.2, 0.25) is 0 Å². The predicted octanol–water partition coefficient (Wildman–Crippen LogP) is 9.59. The molecule has 0 spiro atoms. The molecule has 8 aromatic rings. The summed E-state index contributed by atoms with van der Waals surface area (Å²) in [6.45, 7) is 0. The van der Waals surface area contributed by atoms with Gasteiger partial charge in [0.1, 0.15) is 0 Å². The molecule has 4 nitrogen and oxygen atoms in total. The summed E-state index contributed by atoms with van der Waals surface area (Å²) in [5, 5.41) is 14.5. The molecule has 0 aliphatic rings. The van der Waals surface area contributed by atoms with Gasteiger partial charge < -0.3 is 4.42 Å². The molecule has 8 rings (SSSR count). The zero-order chi connectivity index (χ0) is 27.2. The van der Waals surface area contributed by atoms with Crippen molar-refractivity contribution >= 4 is 32.4 Å². The number of pyridine rings is 1. The molecule has 0 unspecified atom stereocenters. The molecule has 41 heavy (non-hydrogen) atoms. The van der Waals surface area contributed by atoms with Crippen molar-refractivity contribution in [1.82, 2.24) is 15.2 Å². The molecule has 0 aliphatic heterocycles. The van der Waals surface area contributed by atoms with Crippen LogP contribution in [0, 0.1) is 0 Å². The van der Waals surface area contributed by atoms with E-state index in [4.69, 9.17) is 9.40 Å². The van der Waals surface area contributed by atoms with Gasteiger partial charge in [0, 0.05) is 28.3 Å². The summed E-state index contributed by atoms with van der Waals surface area (Å²) in [4.78, 5) is 4.79. The molecular formula is C37H23N3O. The third-order valence-electron chi connectivity index (χ3n) is 7.70. The number of fused-ring (bicyclic) bond motifs is 3. The summed E-state index contributed by atoms with van der Waals surface area (Å²) in [6, 6.07) is 46.1. The summed E-state index contributed by atoms with van der Waals surface area (Å²) in [6.07, 6.45) is 1.87. The second-order valence-electron chi connectivity index (χ2n) is 10.1. The van der Waals surface area contributed by atoms with Crippen molar-refractivity contribution in [1.29, 1.82) is 0 Å². The van der Waals surface area contributed by atoms with Crippen molar-refractivity contribution in [2.24, 2.45) is 0 Å². The molecule has 0 amide bonds. The second kappa shape index (κ2) is 9.54. The molecule has 0 N–H and O–H groups in total. The Labute approximate surface area is 236 Å². The molecule has 0 atom stereocenters. The van der Waals surface area contributed by atoms with Gasteiger partial charge in [0.2, 0.25) is 11.8 Å². The first-order chi connectivity index (χ1) is 20.3. The van der Waals surface area contributed by atoms with Crippen LogP contribution in [0.1, 0.15) is 0 Å². The van der Waals surface area contributed by atoms with E-state index in [0.717, 1.165) is 33.2 Å². The van der Waals surface area contributed by atoms with Gasteiger partial charge in [-0.25, -0.2) is 0 Å². The molecular weight excluding hydrogens is 502 g/mol. The van der Waals surface area contributed by atoms with E-state index in [-0.39, 0.29) is 0 Å². The summed E-state index contributed by atoms with van der Waals surface area (Å²) < 4.78 is 6.01. The first-order valence-electron chi connectivity index (χ1n) is 13.6. The van der Waals surface area contributed by atoms with Crippen molar-refractivity contribution in [3.05, 3.63) is 140 Å². The van der Waals surface area contributed by atoms with Gasteiger partial charge in [0.25, 0.3) is 0 Å². The van der Waals surface area contributed by atoms with E-state index >= 15 is 0 Å². The van der Waals surface area contributed by atoms with E-state index in [2.05, 4.69) is 107 Å². The predicted molar refractivity (Wildman–Crippen MR) is 166 cm³/mol. The largest absolute Gasteiger partial charge is 0.416 e. The third kappa shape index (κ3) is 3.88. The summed E-state index contributed by atoms with van der Waals surface area (Å²) >= 11 is 0. The van der Waals surface area contributed by atoms with E-state index < -0.39 is 0 Å². The molecule has 0 saturated heterocycles. The van der Waals surface area contributed by atoms with Gasteiger partial charge >= 0.3 is 0 Å². The minimum atomic E-state index is 0.504. The quantitative estimate of drug-likeness (QED) is 0.215. The van der Waals surface area contributed by atoms with Crippen LogP contribution < -0.4 is 0 Å². The van der Waals surface area contributed by atoms with Gasteiger partial charge in [-0.15, -0.1) is 10.2 Å². The highest BCUT2D eigenvalue weighted by molar-refractivity contribution is 6.23. The van der Waals surface area contributed by atoms with E-state index in [1.54, 1.807) is 0 Å². The molecule has 6 aromatic carbocycles. The zero-order valence-corrected chi connectivity index (χ0v) is 22.0. The van der Waals surface area contributed by atoms with Gasteiger partial charge in [-0.1, -0.05) is 103 Å². The maximum atomic E-state index is 6.01. The van der Waals surface area contributed by atoms with Crippen LogP contribution in [0.25, 0.3) is 77.6 Å². The highest BCUT2D eigenvalue weighted by Gasteiger charge is 2.18. The number of nitrogens with zero attached hydrogens (tertiary/aromatic N) is 3. The maximum absolute atomic E-state index is 6.01. The first-order valence-corrected chi connectivity index (χ1v) is 13.6. The fraction of sp³-hybridized carbons (Fsp3) is 0. The number of benzene rings is 6. The second-order valence-corrected chi connectivity index (χ2v) is 10.1. The number of rotatable bonds is 4. The molecule has 0 radical (unpaired) electrons. The molecule has 0 bridgehead atoms. The van der Waals surface area contributed by atoms with Crippen molar-refractivity contribution in [2.45, 2.75) is 0 Å². The number of aromatic nitrogens is 3. The highest BCUT2D eigenvalue weighted by Crippen LogP contribution is 2.45. The summed E-state index contributed by atoms with van der Waals surface area (Å²) in [5.41, 5.74) is 7.49. The fourth-order valence-corrected chi connectivity index (χ4v) is 5.85. The summed E-state index contributed by atoms with van der Waals surface area (Å²) in [5.74, 6) is 1.02. The van der Waals surface area contributed by atoms with Crippen molar-refractivity contribution < 1.29 is 4.42 Å². The van der Waals surface area contributed by atoms with Crippen LogP contribution in [0.15, 0.2) is 144 Å². The Morgan fingerprint density at radius 3 is 1.61 bits per heavy atom. The minimum Gasteiger partial charge on any atom is -0.416 e. The lowest BCUT2D eigenvalue weighted by molar-refractivity contribution is 0.584. The Hall–Kier alpha value is -5.61. The molecule has 0 aliphatic carbocycles. The van der Waals surface area contributed by atoms with Crippen molar-refractivity contribution in [3.8, 4) is 45.2 Å². The highest BCUT2D eigenvalue weighted by atomic mass is 16.4. The molecule has 2 heterocycles. The lowest BCUT2D eigenvalue weighted by Crippen LogP contribution is -1.92. The van der Waals surface area contributed by atoms with Crippen molar-refractivity contribution in [2.75, 3.05) is 0 Å². The molecule has 0 fully saturated rings. The van der Waals surface area contributed by atoms with Gasteiger partial charge in [-0.05, 0) is 68.6 Å². The molecule has 4 heteroatoms. The summed E-state index contributed by atoms with van der Waals surface area (Å²) in [7, 11) is 0. The van der Waals surface area contributed by atoms with Crippen LogP contribution in [-0.4, -0.2) is 15.2 Å². The smallest absolute Gasteiger partial charge is 0.248 e. The average Bonchev–Trinajstić information content (AvgIpc) is 3.55. The Kier molecular flexibility index (Phi) is 5.42. The minimum absolute atomic E-state index is 0.504. The molecule has 0 saturated carbocycles. The number of hydrogen-bond donors (Lipinski definition) is 0. The van der Waals surface area contributed by atoms with E-state index in [0.29, 0.717) is 11.8 Å². The topological polar surface area (TPSA) is 51.8 Å². The van der Waals surface area contributed by atoms with Gasteiger partial charge in [-0.2, -0.15) is 0 Å². The van der Waals surface area contributed by atoms with Crippen LogP contribution >= 0.6 is 0 Å². The van der Waals surface area contributed by atoms with Crippen molar-refractivity contribution in [3.63, 3.8) is 0 Å².